The number of methoxy groups -OCH3 is 2. The van der Waals surface area contributed by atoms with E-state index >= 15 is 0 Å². The van der Waals surface area contributed by atoms with E-state index in [0.29, 0.717) is 17.0 Å². The van der Waals surface area contributed by atoms with Gasteiger partial charge in [-0.3, -0.25) is 14.5 Å². The van der Waals surface area contributed by atoms with Crippen LogP contribution in [-0.4, -0.2) is 42.7 Å². The van der Waals surface area contributed by atoms with E-state index in [2.05, 4.69) is 15.0 Å². The largest absolute Gasteiger partial charge is 0.497 e. The molecule has 8 heteroatoms. The number of rotatable bonds is 5. The van der Waals surface area contributed by atoms with Crippen LogP contribution in [-0.2, 0) is 4.74 Å². The van der Waals surface area contributed by atoms with Crippen LogP contribution in [0.15, 0.2) is 73.1 Å². The second kappa shape index (κ2) is 8.81. The van der Waals surface area contributed by atoms with E-state index in [4.69, 9.17) is 4.74 Å². The van der Waals surface area contributed by atoms with Gasteiger partial charge in [-0.15, -0.1) is 0 Å². The molecule has 0 aliphatic carbocycles. The summed E-state index contributed by atoms with van der Waals surface area (Å²) in [5.74, 6) is 0.525. The summed E-state index contributed by atoms with van der Waals surface area (Å²) in [6.07, 6.45) is 2.99. The molecule has 4 aromatic rings. The third-order valence-electron chi connectivity index (χ3n) is 5.11. The molecular formula is C24H22N4O4. The quantitative estimate of drug-likeness (QED) is 0.505. The molecule has 0 saturated carbocycles. The number of amides is 2. The topological polar surface area (TPSA) is 85.2 Å². The molecule has 2 heterocycles. The highest BCUT2D eigenvalue weighted by Gasteiger charge is 2.16. The van der Waals surface area contributed by atoms with Crippen molar-refractivity contribution in [1.82, 2.24) is 9.38 Å². The number of imidazole rings is 1. The van der Waals surface area contributed by atoms with Crippen LogP contribution in [0.3, 0.4) is 0 Å². The summed E-state index contributed by atoms with van der Waals surface area (Å²) in [6, 6.07) is 18.2. The predicted molar refractivity (Wildman–Crippen MR) is 122 cm³/mol. The molecule has 4 rings (SSSR count). The highest BCUT2D eigenvalue weighted by Crippen LogP contribution is 2.25. The summed E-state index contributed by atoms with van der Waals surface area (Å²) in [6.45, 7) is 0. The van der Waals surface area contributed by atoms with Gasteiger partial charge in [-0.1, -0.05) is 18.2 Å². The lowest BCUT2D eigenvalue weighted by Crippen LogP contribution is -2.26. The van der Waals surface area contributed by atoms with Crippen molar-refractivity contribution in [2.45, 2.75) is 0 Å². The summed E-state index contributed by atoms with van der Waals surface area (Å²) < 4.78 is 11.7. The Morgan fingerprint density at radius 3 is 2.53 bits per heavy atom. The first-order valence-corrected chi connectivity index (χ1v) is 9.85. The lowest BCUT2D eigenvalue weighted by atomic mass is 10.1. The molecule has 0 aliphatic rings. The van der Waals surface area contributed by atoms with E-state index < -0.39 is 6.09 Å². The number of hydrogen-bond acceptors (Lipinski definition) is 5. The van der Waals surface area contributed by atoms with Crippen LogP contribution < -0.4 is 15.0 Å². The molecule has 8 nitrogen and oxygen atoms in total. The first-order valence-electron chi connectivity index (χ1n) is 9.85. The molecule has 0 saturated heterocycles. The minimum absolute atomic E-state index is 0.155. The van der Waals surface area contributed by atoms with Crippen molar-refractivity contribution in [1.29, 1.82) is 0 Å². The van der Waals surface area contributed by atoms with Gasteiger partial charge in [-0.2, -0.15) is 0 Å². The summed E-state index contributed by atoms with van der Waals surface area (Å²) in [5, 5.41) is 2.62. The van der Waals surface area contributed by atoms with Gasteiger partial charge < -0.3 is 14.4 Å². The monoisotopic (exact) mass is 430 g/mol. The van der Waals surface area contributed by atoms with Gasteiger partial charge >= 0.3 is 6.09 Å². The Labute approximate surface area is 185 Å². The normalized spacial score (nSPS) is 10.6. The van der Waals surface area contributed by atoms with Gasteiger partial charge in [0.1, 0.15) is 11.4 Å². The highest BCUT2D eigenvalue weighted by molar-refractivity contribution is 6.05. The minimum atomic E-state index is -0.532. The number of fused-ring (bicyclic) bond motifs is 1. The van der Waals surface area contributed by atoms with Crippen molar-refractivity contribution >= 4 is 29.0 Å². The Morgan fingerprint density at radius 1 is 1.03 bits per heavy atom. The fourth-order valence-electron chi connectivity index (χ4n) is 3.34. The summed E-state index contributed by atoms with van der Waals surface area (Å²) >= 11 is 0. The number of aromatic nitrogens is 2. The smallest absolute Gasteiger partial charge is 0.411 e. The van der Waals surface area contributed by atoms with Crippen molar-refractivity contribution in [3.8, 4) is 17.0 Å². The fourth-order valence-corrected chi connectivity index (χ4v) is 3.34. The molecule has 0 radical (unpaired) electrons. The average molecular weight is 430 g/mol. The van der Waals surface area contributed by atoms with E-state index in [1.165, 1.54) is 7.11 Å². The molecule has 0 spiro atoms. The Kier molecular flexibility index (Phi) is 5.76. The number of nitrogens with zero attached hydrogens (tertiary/aromatic N) is 3. The maximum atomic E-state index is 13.1. The zero-order valence-electron chi connectivity index (χ0n) is 17.9. The van der Waals surface area contributed by atoms with E-state index in [9.17, 15) is 9.59 Å². The molecular weight excluding hydrogens is 408 g/mol. The number of ether oxygens (including phenoxy) is 2. The van der Waals surface area contributed by atoms with Gasteiger partial charge in [0.25, 0.3) is 5.91 Å². The van der Waals surface area contributed by atoms with Gasteiger partial charge in [0.05, 0.1) is 31.7 Å². The van der Waals surface area contributed by atoms with Crippen LogP contribution in [0.25, 0.3) is 16.9 Å². The van der Waals surface area contributed by atoms with E-state index in [1.807, 2.05) is 46.9 Å². The molecule has 2 aromatic carbocycles. The van der Waals surface area contributed by atoms with E-state index in [-0.39, 0.29) is 5.91 Å². The van der Waals surface area contributed by atoms with Gasteiger partial charge in [0.15, 0.2) is 0 Å². The van der Waals surface area contributed by atoms with Crippen molar-refractivity contribution in [2.24, 2.45) is 0 Å². The van der Waals surface area contributed by atoms with Crippen LogP contribution in [0.4, 0.5) is 16.2 Å². The number of benzene rings is 2. The maximum Gasteiger partial charge on any atom is 0.411 e. The lowest BCUT2D eigenvalue weighted by molar-refractivity contribution is 0.0992. The molecule has 0 bridgehead atoms. The van der Waals surface area contributed by atoms with Crippen molar-refractivity contribution in [3.05, 3.63) is 78.6 Å². The van der Waals surface area contributed by atoms with Crippen molar-refractivity contribution < 1.29 is 19.1 Å². The number of hydrogen-bond donors (Lipinski definition) is 1. The first-order chi connectivity index (χ1) is 15.5. The van der Waals surface area contributed by atoms with Crippen LogP contribution in [0.5, 0.6) is 5.75 Å². The number of carbonyl (C=O) groups excluding carboxylic acids is 2. The SMILES string of the molecule is COC(=O)Nc1ccc(-c2cnc3ccc(C(=O)N(C)c4cccc(OC)c4)cn23)cc1. The van der Waals surface area contributed by atoms with Crippen LogP contribution in [0.2, 0.25) is 0 Å². The Morgan fingerprint density at radius 2 is 1.81 bits per heavy atom. The van der Waals surface area contributed by atoms with Gasteiger partial charge in [0, 0.05) is 36.2 Å². The molecule has 0 aliphatic heterocycles. The molecule has 32 heavy (non-hydrogen) atoms. The van der Waals surface area contributed by atoms with Crippen LogP contribution >= 0.6 is 0 Å². The first kappa shape index (κ1) is 20.9. The third-order valence-corrected chi connectivity index (χ3v) is 5.11. The number of pyridine rings is 1. The van der Waals surface area contributed by atoms with Gasteiger partial charge in [-0.05, 0) is 36.4 Å². The number of nitrogens with one attached hydrogen (secondary N) is 1. The van der Waals surface area contributed by atoms with Crippen LogP contribution in [0.1, 0.15) is 10.4 Å². The fraction of sp³-hybridized carbons (Fsp3) is 0.125. The van der Waals surface area contributed by atoms with Gasteiger partial charge in [0.2, 0.25) is 0 Å². The average Bonchev–Trinajstić information content (AvgIpc) is 3.26. The Hall–Kier alpha value is -4.33. The standard InChI is InChI=1S/C24H22N4O4/c1-27(19-5-4-6-20(13-19)31-2)23(29)17-9-12-22-25-14-21(28(22)15-17)16-7-10-18(11-8-16)26-24(30)32-3/h4-15H,1-3H3,(H,26,30). The highest BCUT2D eigenvalue weighted by atomic mass is 16.5. The van der Waals surface area contributed by atoms with Crippen molar-refractivity contribution in [3.63, 3.8) is 0 Å². The predicted octanol–water partition coefficient (Wildman–Crippen LogP) is 4.46. The van der Waals surface area contributed by atoms with Crippen LogP contribution in [0, 0.1) is 0 Å². The summed E-state index contributed by atoms with van der Waals surface area (Å²) in [4.78, 5) is 30.5. The lowest BCUT2D eigenvalue weighted by Gasteiger charge is -2.18. The van der Waals surface area contributed by atoms with Gasteiger partial charge in [-0.25, -0.2) is 9.78 Å². The summed E-state index contributed by atoms with van der Waals surface area (Å²) in [7, 11) is 4.63. The molecule has 2 aromatic heterocycles. The molecule has 0 atom stereocenters. The number of anilines is 2. The zero-order chi connectivity index (χ0) is 22.7. The zero-order valence-corrected chi connectivity index (χ0v) is 17.9. The molecule has 0 fully saturated rings. The van der Waals surface area contributed by atoms with Crippen molar-refractivity contribution in [2.75, 3.05) is 31.5 Å². The minimum Gasteiger partial charge on any atom is -0.497 e. The Balaban J connectivity index is 1.64. The second-order valence-electron chi connectivity index (χ2n) is 7.05. The molecule has 2 amide bonds. The second-order valence-corrected chi connectivity index (χ2v) is 7.05. The molecule has 1 N–H and O–H groups in total. The maximum absolute atomic E-state index is 13.1. The third kappa shape index (κ3) is 4.11. The van der Waals surface area contributed by atoms with E-state index in [0.717, 1.165) is 22.6 Å². The molecule has 162 valence electrons. The Bertz CT molecular complexity index is 1280. The number of carbonyl (C=O) groups is 2. The van der Waals surface area contributed by atoms with E-state index in [1.54, 1.807) is 49.7 Å². The summed E-state index contributed by atoms with van der Waals surface area (Å²) in [5.41, 5.74) is 4.30. The molecule has 0 unspecified atom stereocenters.